The van der Waals surface area contributed by atoms with Crippen molar-refractivity contribution in [1.82, 2.24) is 10.6 Å². The van der Waals surface area contributed by atoms with Gasteiger partial charge in [-0.1, -0.05) is 44.2 Å². The number of nitrogens with one attached hydrogen (secondary N) is 2. The fraction of sp³-hybridized carbons (Fsp3) is 0.550. The van der Waals surface area contributed by atoms with Crippen LogP contribution >= 0.6 is 0 Å². The van der Waals surface area contributed by atoms with E-state index < -0.39 is 35.7 Å². The fourth-order valence-corrected chi connectivity index (χ4v) is 2.47. The lowest BCUT2D eigenvalue weighted by atomic mass is 10.0. The normalized spacial score (nSPS) is 13.6. The number of ether oxygens (including phenoxy) is 1. The zero-order valence-electron chi connectivity index (χ0n) is 16.6. The van der Waals surface area contributed by atoms with Crippen molar-refractivity contribution >= 4 is 18.0 Å². The van der Waals surface area contributed by atoms with E-state index >= 15 is 0 Å². The van der Waals surface area contributed by atoms with Crippen LogP contribution in [-0.4, -0.2) is 40.8 Å². The minimum Gasteiger partial charge on any atom is -0.480 e. The minimum absolute atomic E-state index is 0.119. The van der Waals surface area contributed by atoms with Gasteiger partial charge in [-0.15, -0.1) is 0 Å². The Balaban J connectivity index is 2.82. The standard InChI is InChI=1S/C20H30N2O5/c1-13(2)11-15(22-19(26)27-20(3,4)5)17(23)21-16(18(24)25)12-14-9-7-6-8-10-14/h6-10,13,15-16H,11-12H2,1-5H3,(H,21,23)(H,22,26)(H,24,25)/t15-,16+/m0/s1. The van der Waals surface area contributed by atoms with Crippen LogP contribution < -0.4 is 10.6 Å². The van der Waals surface area contributed by atoms with Gasteiger partial charge in [0.25, 0.3) is 0 Å². The van der Waals surface area contributed by atoms with E-state index in [4.69, 9.17) is 4.74 Å². The van der Waals surface area contributed by atoms with E-state index in [-0.39, 0.29) is 12.3 Å². The number of benzene rings is 1. The Morgan fingerprint density at radius 2 is 1.63 bits per heavy atom. The Hall–Kier alpha value is -2.57. The Labute approximate surface area is 160 Å². The minimum atomic E-state index is -1.13. The summed E-state index contributed by atoms with van der Waals surface area (Å²) >= 11 is 0. The predicted molar refractivity (Wildman–Crippen MR) is 102 cm³/mol. The first kappa shape index (κ1) is 22.5. The van der Waals surface area contributed by atoms with Gasteiger partial charge >= 0.3 is 12.1 Å². The largest absolute Gasteiger partial charge is 0.480 e. The average molecular weight is 378 g/mol. The zero-order chi connectivity index (χ0) is 20.6. The second-order valence-corrected chi connectivity index (χ2v) is 7.92. The summed E-state index contributed by atoms with van der Waals surface area (Å²) in [7, 11) is 0. The molecular weight excluding hydrogens is 348 g/mol. The van der Waals surface area contributed by atoms with Crippen LogP contribution in [0.4, 0.5) is 4.79 Å². The number of alkyl carbamates (subject to hydrolysis) is 1. The first-order valence-electron chi connectivity index (χ1n) is 9.04. The monoisotopic (exact) mass is 378 g/mol. The Bertz CT molecular complexity index is 638. The van der Waals surface area contributed by atoms with Crippen molar-refractivity contribution in [3.63, 3.8) is 0 Å². The lowest BCUT2D eigenvalue weighted by Gasteiger charge is -2.25. The summed E-state index contributed by atoms with van der Waals surface area (Å²) < 4.78 is 5.20. The number of aliphatic carboxylic acids is 1. The number of hydrogen-bond donors (Lipinski definition) is 3. The number of carboxylic acid groups (broad SMARTS) is 1. The van der Waals surface area contributed by atoms with Gasteiger partial charge in [0.05, 0.1) is 0 Å². The van der Waals surface area contributed by atoms with Crippen LogP contribution in [0.15, 0.2) is 30.3 Å². The van der Waals surface area contributed by atoms with Crippen molar-refractivity contribution in [2.75, 3.05) is 0 Å². The molecule has 0 saturated heterocycles. The number of carboxylic acids is 1. The summed E-state index contributed by atoms with van der Waals surface area (Å²) in [4.78, 5) is 36.2. The Morgan fingerprint density at radius 1 is 1.04 bits per heavy atom. The van der Waals surface area contributed by atoms with E-state index in [0.29, 0.717) is 6.42 Å². The van der Waals surface area contributed by atoms with Crippen LogP contribution in [0.2, 0.25) is 0 Å². The van der Waals surface area contributed by atoms with Gasteiger partial charge in [0, 0.05) is 6.42 Å². The van der Waals surface area contributed by atoms with Crippen molar-refractivity contribution in [1.29, 1.82) is 0 Å². The Morgan fingerprint density at radius 3 is 2.11 bits per heavy atom. The maximum Gasteiger partial charge on any atom is 0.408 e. The maximum atomic E-state index is 12.6. The summed E-state index contributed by atoms with van der Waals surface area (Å²) in [6, 6.07) is 7.08. The molecule has 1 aromatic carbocycles. The quantitative estimate of drug-likeness (QED) is 0.645. The molecule has 0 heterocycles. The highest BCUT2D eigenvalue weighted by molar-refractivity contribution is 5.89. The summed E-state index contributed by atoms with van der Waals surface area (Å²) in [5, 5.41) is 14.5. The number of rotatable bonds is 8. The molecule has 1 aromatic rings. The van der Waals surface area contributed by atoms with Crippen LogP contribution in [0.25, 0.3) is 0 Å². The maximum absolute atomic E-state index is 12.6. The molecular formula is C20H30N2O5. The molecule has 0 fully saturated rings. The van der Waals surface area contributed by atoms with Crippen molar-refractivity contribution in [3.8, 4) is 0 Å². The van der Waals surface area contributed by atoms with E-state index in [2.05, 4.69) is 10.6 Å². The van der Waals surface area contributed by atoms with Crippen LogP contribution in [-0.2, 0) is 20.7 Å². The van der Waals surface area contributed by atoms with Gasteiger partial charge in [0.1, 0.15) is 17.7 Å². The smallest absolute Gasteiger partial charge is 0.408 e. The van der Waals surface area contributed by atoms with E-state index in [1.807, 2.05) is 32.0 Å². The van der Waals surface area contributed by atoms with Gasteiger partial charge in [-0.2, -0.15) is 0 Å². The lowest BCUT2D eigenvalue weighted by molar-refractivity contribution is -0.142. The third-order valence-corrected chi connectivity index (χ3v) is 3.61. The molecule has 1 rings (SSSR count). The number of amides is 2. The molecule has 2 amide bonds. The molecule has 0 radical (unpaired) electrons. The van der Waals surface area contributed by atoms with Gasteiger partial charge in [-0.05, 0) is 38.7 Å². The molecule has 0 spiro atoms. The molecule has 0 saturated carbocycles. The van der Waals surface area contributed by atoms with Gasteiger partial charge in [-0.25, -0.2) is 9.59 Å². The average Bonchev–Trinajstić information content (AvgIpc) is 2.52. The first-order chi connectivity index (χ1) is 12.5. The molecule has 2 atom stereocenters. The molecule has 0 aromatic heterocycles. The number of carbonyl (C=O) groups excluding carboxylic acids is 2. The molecule has 3 N–H and O–H groups in total. The highest BCUT2D eigenvalue weighted by atomic mass is 16.6. The topological polar surface area (TPSA) is 105 Å². The van der Waals surface area contributed by atoms with E-state index in [1.54, 1.807) is 32.9 Å². The third-order valence-electron chi connectivity index (χ3n) is 3.61. The lowest BCUT2D eigenvalue weighted by Crippen LogP contribution is -2.53. The highest BCUT2D eigenvalue weighted by Gasteiger charge is 2.28. The molecule has 0 aliphatic heterocycles. The summed E-state index contributed by atoms with van der Waals surface area (Å²) in [5.74, 6) is -1.56. The van der Waals surface area contributed by atoms with Crippen molar-refractivity contribution in [2.45, 2.75) is 65.1 Å². The first-order valence-corrected chi connectivity index (χ1v) is 9.04. The van der Waals surface area contributed by atoms with Gasteiger partial charge in [0.2, 0.25) is 5.91 Å². The zero-order valence-corrected chi connectivity index (χ0v) is 16.6. The third kappa shape index (κ3) is 9.08. The van der Waals surface area contributed by atoms with E-state index in [1.165, 1.54) is 0 Å². The highest BCUT2D eigenvalue weighted by Crippen LogP contribution is 2.10. The second-order valence-electron chi connectivity index (χ2n) is 7.92. The number of carbonyl (C=O) groups is 3. The molecule has 0 unspecified atom stereocenters. The molecule has 0 aliphatic rings. The molecule has 0 bridgehead atoms. The molecule has 27 heavy (non-hydrogen) atoms. The molecule has 0 aliphatic carbocycles. The fourth-order valence-electron chi connectivity index (χ4n) is 2.47. The SMILES string of the molecule is CC(C)C[C@H](NC(=O)OC(C)(C)C)C(=O)N[C@H](Cc1ccccc1)C(=O)O. The summed E-state index contributed by atoms with van der Waals surface area (Å²) in [6.45, 7) is 9.00. The van der Waals surface area contributed by atoms with Gasteiger partial charge < -0.3 is 20.5 Å². The molecule has 7 heteroatoms. The van der Waals surface area contributed by atoms with Crippen molar-refractivity contribution in [3.05, 3.63) is 35.9 Å². The summed E-state index contributed by atoms with van der Waals surface area (Å²) in [5.41, 5.74) is 0.102. The Kier molecular flexibility index (Phi) is 8.28. The summed E-state index contributed by atoms with van der Waals surface area (Å²) in [6.07, 6.45) is -0.191. The van der Waals surface area contributed by atoms with Gasteiger partial charge in [0.15, 0.2) is 0 Å². The van der Waals surface area contributed by atoms with Crippen LogP contribution in [0.5, 0.6) is 0 Å². The molecule has 7 nitrogen and oxygen atoms in total. The second kappa shape index (κ2) is 9.94. The van der Waals surface area contributed by atoms with E-state index in [9.17, 15) is 19.5 Å². The molecule has 150 valence electrons. The van der Waals surface area contributed by atoms with Gasteiger partial charge in [-0.3, -0.25) is 4.79 Å². The van der Waals surface area contributed by atoms with Crippen LogP contribution in [0.3, 0.4) is 0 Å². The number of hydrogen-bond acceptors (Lipinski definition) is 4. The predicted octanol–water partition coefficient (Wildman–Crippen LogP) is 2.74. The van der Waals surface area contributed by atoms with Crippen molar-refractivity contribution < 1.29 is 24.2 Å². The van der Waals surface area contributed by atoms with Crippen LogP contribution in [0, 0.1) is 5.92 Å². The van der Waals surface area contributed by atoms with Crippen molar-refractivity contribution in [2.24, 2.45) is 5.92 Å². The van der Waals surface area contributed by atoms with E-state index in [0.717, 1.165) is 5.56 Å². The van der Waals surface area contributed by atoms with Crippen LogP contribution in [0.1, 0.15) is 46.6 Å².